The van der Waals surface area contributed by atoms with Crippen LogP contribution in [0.5, 0.6) is 0 Å². The molecule has 0 atom stereocenters. The van der Waals surface area contributed by atoms with Crippen LogP contribution >= 0.6 is 0 Å². The van der Waals surface area contributed by atoms with Crippen LogP contribution in [0.25, 0.3) is 0 Å². The van der Waals surface area contributed by atoms with E-state index in [2.05, 4.69) is 109 Å². The summed E-state index contributed by atoms with van der Waals surface area (Å²) in [7, 11) is 0. The molecule has 108 valence electrons. The van der Waals surface area contributed by atoms with Crippen LogP contribution in [-0.4, -0.2) is 13.6 Å². The van der Waals surface area contributed by atoms with E-state index in [1.807, 2.05) is 0 Å². The molecule has 1 heteroatoms. The number of allylic oxidation sites excluding steroid dienone is 1. The van der Waals surface area contributed by atoms with E-state index in [1.54, 1.807) is 0 Å². The van der Waals surface area contributed by atoms with Crippen molar-refractivity contribution in [1.82, 2.24) is 0 Å². The molecule has 0 aliphatic heterocycles. The van der Waals surface area contributed by atoms with E-state index >= 15 is 0 Å². The van der Waals surface area contributed by atoms with Crippen molar-refractivity contribution in [3.8, 4) is 0 Å². The van der Waals surface area contributed by atoms with Gasteiger partial charge in [0.2, 0.25) is 0 Å². The number of rotatable bonds is 4. The van der Waals surface area contributed by atoms with Gasteiger partial charge in [0.15, 0.2) is 0 Å². The summed E-state index contributed by atoms with van der Waals surface area (Å²) in [5.74, 6) is 0. The number of benzene rings is 3. The molecule has 0 saturated heterocycles. The van der Waals surface area contributed by atoms with Gasteiger partial charge in [-0.05, 0) is 0 Å². The van der Waals surface area contributed by atoms with E-state index in [1.165, 1.54) is 13.1 Å². The van der Waals surface area contributed by atoms with Gasteiger partial charge in [0.1, 0.15) is 0 Å². The summed E-state index contributed by atoms with van der Waals surface area (Å²) < 4.78 is 4.36. The fourth-order valence-corrected chi connectivity index (χ4v) is 10.9. The van der Waals surface area contributed by atoms with Crippen molar-refractivity contribution < 1.29 is 0 Å². The SMILES string of the molecule is C/C=C/[As+](c1ccccc1)(c1ccccc1)c1ccccc1. The Kier molecular flexibility index (Phi) is 4.61. The van der Waals surface area contributed by atoms with Gasteiger partial charge in [-0.15, -0.1) is 0 Å². The van der Waals surface area contributed by atoms with Gasteiger partial charge < -0.3 is 0 Å². The van der Waals surface area contributed by atoms with Crippen LogP contribution in [0.15, 0.2) is 102 Å². The maximum absolute atomic E-state index is 2.54. The van der Waals surface area contributed by atoms with Crippen molar-refractivity contribution in [1.29, 1.82) is 0 Å². The second-order valence-electron chi connectivity index (χ2n) is 5.21. The van der Waals surface area contributed by atoms with Gasteiger partial charge >= 0.3 is 135 Å². The number of hydrogen-bond donors (Lipinski definition) is 0. The Labute approximate surface area is 135 Å². The standard InChI is InChI=1S/C21H20As/c1-2-18-22(19-12-6-3-7-13-19,20-14-8-4-9-15-20)21-16-10-5-11-17-21/h2-18H,1H3/q+1/b18-2+. The molecule has 0 saturated carbocycles. The van der Waals surface area contributed by atoms with E-state index in [0.29, 0.717) is 0 Å². The topological polar surface area (TPSA) is 0 Å². The van der Waals surface area contributed by atoms with Gasteiger partial charge in [0, 0.05) is 0 Å². The summed E-state index contributed by atoms with van der Waals surface area (Å²) in [5.41, 5.74) is 0. The summed E-state index contributed by atoms with van der Waals surface area (Å²) in [5, 5.41) is 0. The first-order valence-electron chi connectivity index (χ1n) is 7.57. The minimum atomic E-state index is -2.54. The maximum atomic E-state index is 2.47. The van der Waals surface area contributed by atoms with Crippen molar-refractivity contribution in [3.05, 3.63) is 102 Å². The van der Waals surface area contributed by atoms with Crippen LogP contribution in [-0.2, 0) is 0 Å². The van der Waals surface area contributed by atoms with Crippen molar-refractivity contribution in [2.75, 3.05) is 0 Å². The molecule has 0 N–H and O–H groups in total. The summed E-state index contributed by atoms with van der Waals surface area (Å²) >= 11 is -2.54. The molecule has 0 nitrogen and oxygen atoms in total. The Hall–Kier alpha value is -2.04. The van der Waals surface area contributed by atoms with Gasteiger partial charge in [-0.2, -0.15) is 0 Å². The molecule has 0 aliphatic carbocycles. The summed E-state index contributed by atoms with van der Waals surface area (Å²) in [6.45, 7) is 2.13. The molecular formula is C21H20As+. The molecule has 0 spiro atoms. The molecule has 0 fully saturated rings. The van der Waals surface area contributed by atoms with E-state index in [4.69, 9.17) is 0 Å². The Morgan fingerprint density at radius 3 is 1.14 bits per heavy atom. The molecule has 0 radical (unpaired) electrons. The van der Waals surface area contributed by atoms with Crippen LogP contribution < -0.4 is 13.1 Å². The van der Waals surface area contributed by atoms with Crippen LogP contribution in [0, 0.1) is 0 Å². The monoisotopic (exact) mass is 347 g/mol. The zero-order valence-electron chi connectivity index (χ0n) is 12.8. The van der Waals surface area contributed by atoms with E-state index in [0.717, 1.165) is 0 Å². The first-order chi connectivity index (χ1) is 10.9. The molecule has 3 aromatic rings. The Bertz CT molecular complexity index is 634. The molecule has 0 aromatic heterocycles. The van der Waals surface area contributed by atoms with E-state index in [-0.39, 0.29) is 0 Å². The van der Waals surface area contributed by atoms with Gasteiger partial charge in [0.05, 0.1) is 0 Å². The Morgan fingerprint density at radius 2 is 0.864 bits per heavy atom. The van der Waals surface area contributed by atoms with Crippen LogP contribution in [0.1, 0.15) is 6.92 Å². The predicted octanol–water partition coefficient (Wildman–Crippen LogP) is 3.27. The van der Waals surface area contributed by atoms with Gasteiger partial charge in [-0.3, -0.25) is 0 Å². The average Bonchev–Trinajstić information content (AvgIpc) is 2.62. The zero-order valence-corrected chi connectivity index (χ0v) is 14.6. The van der Waals surface area contributed by atoms with Crippen LogP contribution in [0.4, 0.5) is 0 Å². The quantitative estimate of drug-likeness (QED) is 0.636. The molecule has 0 bridgehead atoms. The van der Waals surface area contributed by atoms with Crippen molar-refractivity contribution in [2.45, 2.75) is 6.92 Å². The third-order valence-electron chi connectivity index (χ3n) is 3.86. The molecule has 3 aromatic carbocycles. The molecule has 0 heterocycles. The Balaban J connectivity index is 2.34. The first-order valence-corrected chi connectivity index (χ1v) is 11.5. The minimum absolute atomic E-state index is 1.45. The molecule has 22 heavy (non-hydrogen) atoms. The third-order valence-corrected chi connectivity index (χ3v) is 12.4. The van der Waals surface area contributed by atoms with Gasteiger partial charge in [-0.25, -0.2) is 0 Å². The average molecular weight is 347 g/mol. The molecule has 0 aliphatic rings. The van der Waals surface area contributed by atoms with Crippen molar-refractivity contribution >= 4 is 26.6 Å². The predicted molar refractivity (Wildman–Crippen MR) is 98.8 cm³/mol. The summed E-state index contributed by atoms with van der Waals surface area (Å²) in [6.07, 6.45) is 2.22. The molecular weight excluding hydrogens is 327 g/mol. The third kappa shape index (κ3) is 2.67. The van der Waals surface area contributed by atoms with E-state index in [9.17, 15) is 0 Å². The molecule has 3 rings (SSSR count). The summed E-state index contributed by atoms with van der Waals surface area (Å²) in [6, 6.07) is 32.9. The second kappa shape index (κ2) is 6.81. The fraction of sp³-hybridized carbons (Fsp3) is 0.0476. The molecule has 0 amide bonds. The normalized spacial score (nSPS) is 11.7. The first kappa shape index (κ1) is 14.9. The summed E-state index contributed by atoms with van der Waals surface area (Å²) in [4.78, 5) is 2.47. The van der Waals surface area contributed by atoms with Crippen LogP contribution in [0.2, 0.25) is 0 Å². The number of hydrogen-bond acceptors (Lipinski definition) is 0. The van der Waals surface area contributed by atoms with Crippen molar-refractivity contribution in [3.63, 3.8) is 0 Å². The Morgan fingerprint density at radius 1 is 0.545 bits per heavy atom. The fourth-order valence-electron chi connectivity index (χ4n) is 2.92. The van der Waals surface area contributed by atoms with Gasteiger partial charge in [0.25, 0.3) is 0 Å². The van der Waals surface area contributed by atoms with Crippen molar-refractivity contribution in [2.24, 2.45) is 0 Å². The molecule has 0 unspecified atom stereocenters. The zero-order chi connectivity index (χ0) is 15.3. The second-order valence-corrected chi connectivity index (χ2v) is 12.1. The van der Waals surface area contributed by atoms with E-state index < -0.39 is 13.6 Å². The van der Waals surface area contributed by atoms with Crippen LogP contribution in [0.3, 0.4) is 0 Å². The van der Waals surface area contributed by atoms with Gasteiger partial charge in [-0.1, -0.05) is 0 Å².